The summed E-state index contributed by atoms with van der Waals surface area (Å²) < 4.78 is 25.4. The quantitative estimate of drug-likeness (QED) is 0.715. The van der Waals surface area contributed by atoms with Gasteiger partial charge in [0.15, 0.2) is 0 Å². The molecule has 2 aliphatic rings. The Morgan fingerprint density at radius 3 is 2.56 bits per heavy atom. The van der Waals surface area contributed by atoms with Crippen LogP contribution in [0, 0.1) is 0 Å². The van der Waals surface area contributed by atoms with Crippen molar-refractivity contribution in [3.8, 4) is 0 Å². The van der Waals surface area contributed by atoms with Crippen LogP contribution >= 0.6 is 0 Å². The number of urea groups is 1. The summed E-state index contributed by atoms with van der Waals surface area (Å²) in [6, 6.07) is 5.23. The summed E-state index contributed by atoms with van der Waals surface area (Å²) in [6.45, 7) is -0.420. The maximum absolute atomic E-state index is 12.6. The van der Waals surface area contributed by atoms with Gasteiger partial charge in [-0.25, -0.2) is 17.5 Å². The molecule has 2 N–H and O–H groups in total. The lowest BCUT2D eigenvalue weighted by Gasteiger charge is -2.19. The molecule has 1 aromatic carbocycles. The summed E-state index contributed by atoms with van der Waals surface area (Å²) in [7, 11) is -0.810. The summed E-state index contributed by atoms with van der Waals surface area (Å²) in [4.78, 5) is 38.0. The fourth-order valence-electron chi connectivity index (χ4n) is 3.43. The normalized spacial score (nSPS) is 19.0. The second-order valence-electron chi connectivity index (χ2n) is 6.97. The first-order chi connectivity index (χ1) is 12.7. The van der Waals surface area contributed by atoms with Crippen LogP contribution < -0.4 is 10.6 Å². The van der Waals surface area contributed by atoms with Crippen LogP contribution in [0.25, 0.3) is 0 Å². The van der Waals surface area contributed by atoms with Crippen LogP contribution in [-0.2, 0) is 19.6 Å². The van der Waals surface area contributed by atoms with Gasteiger partial charge in [-0.1, -0.05) is 18.9 Å². The van der Waals surface area contributed by atoms with Gasteiger partial charge in [0, 0.05) is 19.8 Å². The smallest absolute Gasteiger partial charge is 0.324 e. The Labute approximate surface area is 157 Å². The average Bonchev–Trinajstić information content (AvgIpc) is 3.16. The number of nitrogens with one attached hydrogen (secondary N) is 2. The molecule has 4 amide bonds. The largest absolute Gasteiger partial charge is 0.325 e. The van der Waals surface area contributed by atoms with E-state index in [1.54, 1.807) is 0 Å². The highest BCUT2D eigenvalue weighted by molar-refractivity contribution is 7.89. The van der Waals surface area contributed by atoms with E-state index < -0.39 is 34.0 Å². The summed E-state index contributed by atoms with van der Waals surface area (Å²) in [5.74, 6) is -0.947. The summed E-state index contributed by atoms with van der Waals surface area (Å²) in [5.41, 5.74) is -0.595. The van der Waals surface area contributed by atoms with E-state index in [2.05, 4.69) is 10.6 Å². The molecular weight excluding hydrogens is 372 g/mol. The van der Waals surface area contributed by atoms with E-state index in [-0.39, 0.29) is 16.5 Å². The van der Waals surface area contributed by atoms with Crippen LogP contribution in [0.5, 0.6) is 0 Å². The molecule has 1 spiro atoms. The van der Waals surface area contributed by atoms with Crippen molar-refractivity contribution in [1.82, 2.24) is 14.5 Å². The molecule has 1 aromatic rings. The third-order valence-corrected chi connectivity index (χ3v) is 6.71. The highest BCUT2D eigenvalue weighted by Crippen LogP contribution is 2.34. The Morgan fingerprint density at radius 2 is 1.93 bits per heavy atom. The Morgan fingerprint density at radius 1 is 1.26 bits per heavy atom. The highest BCUT2D eigenvalue weighted by atomic mass is 32.2. The fourth-order valence-corrected chi connectivity index (χ4v) is 4.37. The molecule has 1 saturated heterocycles. The number of hydrogen-bond donors (Lipinski definition) is 2. The van der Waals surface area contributed by atoms with E-state index >= 15 is 0 Å². The number of carbonyl (C=O) groups excluding carboxylic acids is 3. The molecule has 0 aromatic heterocycles. The van der Waals surface area contributed by atoms with Crippen molar-refractivity contribution in [2.24, 2.45) is 0 Å². The zero-order valence-corrected chi connectivity index (χ0v) is 16.0. The molecular formula is C17H22N4O5S. The van der Waals surface area contributed by atoms with Crippen LogP contribution in [0.3, 0.4) is 0 Å². The number of nitrogens with zero attached hydrogens (tertiary/aromatic N) is 2. The van der Waals surface area contributed by atoms with Crippen LogP contribution in [0.2, 0.25) is 0 Å². The van der Waals surface area contributed by atoms with Gasteiger partial charge in [0.2, 0.25) is 15.9 Å². The lowest BCUT2D eigenvalue weighted by molar-refractivity contribution is -0.133. The van der Waals surface area contributed by atoms with Gasteiger partial charge in [-0.05, 0) is 31.0 Å². The van der Waals surface area contributed by atoms with E-state index in [4.69, 9.17) is 0 Å². The predicted molar refractivity (Wildman–Crippen MR) is 97.4 cm³/mol. The van der Waals surface area contributed by atoms with Crippen molar-refractivity contribution in [3.63, 3.8) is 0 Å². The van der Waals surface area contributed by atoms with Gasteiger partial charge in [0.1, 0.15) is 12.1 Å². The topological polar surface area (TPSA) is 116 Å². The highest BCUT2D eigenvalue weighted by Gasteiger charge is 2.52. The maximum Gasteiger partial charge on any atom is 0.325 e. The van der Waals surface area contributed by atoms with E-state index in [9.17, 15) is 22.8 Å². The van der Waals surface area contributed by atoms with Crippen LogP contribution in [0.4, 0.5) is 10.5 Å². The molecule has 0 radical (unpaired) electrons. The third kappa shape index (κ3) is 3.54. The summed E-state index contributed by atoms with van der Waals surface area (Å²) in [6.07, 6.45) is 2.89. The summed E-state index contributed by atoms with van der Waals surface area (Å²) in [5, 5.41) is 5.26. The zero-order valence-electron chi connectivity index (χ0n) is 15.2. The molecule has 0 atom stereocenters. The standard InChI is InChI=1S/C17H22N4O5S/c1-20(2)27(25,26)13-7-5-6-12(10-13)18-14(22)11-21-15(23)17(19-16(21)24)8-3-4-9-17/h5-7,10H,3-4,8-9,11H2,1-2H3,(H,18,22)(H,19,24). The molecule has 27 heavy (non-hydrogen) atoms. The van der Waals surface area contributed by atoms with Crippen molar-refractivity contribution in [2.75, 3.05) is 26.0 Å². The molecule has 1 aliphatic carbocycles. The molecule has 146 valence electrons. The van der Waals surface area contributed by atoms with Gasteiger partial charge < -0.3 is 10.6 Å². The van der Waals surface area contributed by atoms with Gasteiger partial charge in [-0.15, -0.1) is 0 Å². The number of sulfonamides is 1. The number of benzene rings is 1. The van der Waals surface area contributed by atoms with Crippen LogP contribution in [0.15, 0.2) is 29.2 Å². The second-order valence-corrected chi connectivity index (χ2v) is 9.13. The first kappa shape index (κ1) is 19.3. The van der Waals surface area contributed by atoms with Crippen molar-refractivity contribution in [2.45, 2.75) is 36.1 Å². The number of carbonyl (C=O) groups is 3. The van der Waals surface area contributed by atoms with Gasteiger partial charge >= 0.3 is 6.03 Å². The second kappa shape index (κ2) is 6.93. The number of amides is 4. The molecule has 10 heteroatoms. The summed E-state index contributed by atoms with van der Waals surface area (Å²) >= 11 is 0. The van der Waals surface area contributed by atoms with Crippen LogP contribution in [0.1, 0.15) is 25.7 Å². The Balaban J connectivity index is 1.70. The molecule has 9 nitrogen and oxygen atoms in total. The van der Waals surface area contributed by atoms with E-state index in [1.807, 2.05) is 0 Å². The lowest BCUT2D eigenvalue weighted by Crippen LogP contribution is -2.44. The van der Waals surface area contributed by atoms with Gasteiger partial charge in [-0.2, -0.15) is 0 Å². The Kier molecular flexibility index (Phi) is 4.96. The molecule has 1 saturated carbocycles. The number of rotatable bonds is 5. The van der Waals surface area contributed by atoms with E-state index in [0.29, 0.717) is 12.8 Å². The molecule has 2 fully saturated rings. The van der Waals surface area contributed by atoms with Crippen molar-refractivity contribution >= 4 is 33.6 Å². The third-order valence-electron chi connectivity index (χ3n) is 4.90. The lowest BCUT2D eigenvalue weighted by atomic mass is 9.98. The van der Waals surface area contributed by atoms with Gasteiger partial charge in [0.25, 0.3) is 5.91 Å². The Hall–Kier alpha value is -2.46. The number of imide groups is 1. The van der Waals surface area contributed by atoms with Crippen molar-refractivity contribution < 1.29 is 22.8 Å². The zero-order chi connectivity index (χ0) is 19.8. The first-order valence-electron chi connectivity index (χ1n) is 8.62. The number of hydrogen-bond acceptors (Lipinski definition) is 5. The molecule has 3 rings (SSSR count). The fraction of sp³-hybridized carbons (Fsp3) is 0.471. The molecule has 0 unspecified atom stereocenters. The van der Waals surface area contributed by atoms with Crippen molar-refractivity contribution in [3.05, 3.63) is 24.3 Å². The van der Waals surface area contributed by atoms with E-state index in [0.717, 1.165) is 22.0 Å². The maximum atomic E-state index is 12.6. The first-order valence-corrected chi connectivity index (χ1v) is 10.1. The molecule has 0 bridgehead atoms. The molecule has 1 aliphatic heterocycles. The minimum absolute atomic E-state index is 0.0326. The average molecular weight is 394 g/mol. The monoisotopic (exact) mass is 394 g/mol. The van der Waals surface area contributed by atoms with Gasteiger partial charge in [0.05, 0.1) is 4.90 Å². The minimum Gasteiger partial charge on any atom is -0.324 e. The Bertz CT molecular complexity index is 890. The SMILES string of the molecule is CN(C)S(=O)(=O)c1cccc(NC(=O)CN2C(=O)NC3(CCCC3)C2=O)c1. The van der Waals surface area contributed by atoms with Gasteiger partial charge in [-0.3, -0.25) is 14.5 Å². The van der Waals surface area contributed by atoms with Crippen LogP contribution in [-0.4, -0.2) is 61.6 Å². The number of anilines is 1. The van der Waals surface area contributed by atoms with Crippen molar-refractivity contribution in [1.29, 1.82) is 0 Å². The molecule has 1 heterocycles. The minimum atomic E-state index is -3.64. The van der Waals surface area contributed by atoms with E-state index in [1.165, 1.54) is 38.4 Å². The predicted octanol–water partition coefficient (Wildman–Crippen LogP) is 0.740.